The van der Waals surface area contributed by atoms with Gasteiger partial charge in [-0.1, -0.05) is 0 Å². The number of ketones is 1. The molecular formula is C15H14O5. The number of fused-ring (bicyclic) bond motifs is 3. The maximum atomic E-state index is 12.1. The molecule has 0 N–H and O–H groups in total. The van der Waals surface area contributed by atoms with Crippen LogP contribution in [0.4, 0.5) is 0 Å². The van der Waals surface area contributed by atoms with E-state index in [-0.39, 0.29) is 5.78 Å². The van der Waals surface area contributed by atoms with Gasteiger partial charge < -0.3 is 13.9 Å². The number of carbonyl (C=O) groups excluding carboxylic acids is 1. The second-order valence-corrected chi connectivity index (χ2v) is 4.72. The average molecular weight is 274 g/mol. The van der Waals surface area contributed by atoms with E-state index in [1.165, 1.54) is 14.2 Å². The average Bonchev–Trinajstić information content (AvgIpc) is 2.46. The molecule has 2 aromatic rings. The summed E-state index contributed by atoms with van der Waals surface area (Å²) in [4.78, 5) is 24.2. The normalized spacial score (nSPS) is 14.2. The molecule has 0 atom stereocenters. The number of carbonyl (C=O) groups is 1. The summed E-state index contributed by atoms with van der Waals surface area (Å²) in [7, 11) is 3.01. The zero-order valence-electron chi connectivity index (χ0n) is 11.3. The van der Waals surface area contributed by atoms with Crippen molar-refractivity contribution < 1.29 is 18.7 Å². The van der Waals surface area contributed by atoms with Gasteiger partial charge in [-0.3, -0.25) is 4.79 Å². The summed E-state index contributed by atoms with van der Waals surface area (Å²) < 4.78 is 15.7. The van der Waals surface area contributed by atoms with E-state index in [1.54, 1.807) is 12.1 Å². The highest BCUT2D eigenvalue weighted by molar-refractivity contribution is 6.09. The van der Waals surface area contributed by atoms with Crippen molar-refractivity contribution in [2.75, 3.05) is 14.2 Å². The van der Waals surface area contributed by atoms with Gasteiger partial charge in [0.2, 0.25) is 0 Å². The number of hydrogen-bond donors (Lipinski definition) is 0. The first kappa shape index (κ1) is 12.7. The van der Waals surface area contributed by atoms with Crippen LogP contribution in [0.1, 0.15) is 29.0 Å². The summed E-state index contributed by atoms with van der Waals surface area (Å²) in [5, 5.41) is 0.926. The first-order valence-corrected chi connectivity index (χ1v) is 6.40. The minimum Gasteiger partial charge on any atom is -0.493 e. The van der Waals surface area contributed by atoms with Crippen LogP contribution in [0.25, 0.3) is 10.8 Å². The second kappa shape index (κ2) is 4.67. The molecule has 1 aromatic carbocycles. The second-order valence-electron chi connectivity index (χ2n) is 4.72. The van der Waals surface area contributed by atoms with Gasteiger partial charge in [0, 0.05) is 18.2 Å². The van der Waals surface area contributed by atoms with Crippen LogP contribution in [0, 0.1) is 0 Å². The Balaban J connectivity index is 2.43. The molecule has 1 heterocycles. The van der Waals surface area contributed by atoms with Crippen LogP contribution in [-0.4, -0.2) is 20.0 Å². The van der Waals surface area contributed by atoms with E-state index in [4.69, 9.17) is 13.9 Å². The van der Waals surface area contributed by atoms with Crippen molar-refractivity contribution in [1.82, 2.24) is 0 Å². The van der Waals surface area contributed by atoms with Gasteiger partial charge in [0.05, 0.1) is 25.2 Å². The largest absolute Gasteiger partial charge is 0.493 e. The van der Waals surface area contributed by atoms with Crippen molar-refractivity contribution in [3.05, 3.63) is 33.9 Å². The van der Waals surface area contributed by atoms with Crippen LogP contribution >= 0.6 is 0 Å². The van der Waals surface area contributed by atoms with Gasteiger partial charge in [-0.05, 0) is 18.6 Å². The first-order chi connectivity index (χ1) is 9.65. The van der Waals surface area contributed by atoms with Crippen LogP contribution in [0.2, 0.25) is 0 Å². The molecule has 0 fully saturated rings. The molecule has 0 saturated carbocycles. The van der Waals surface area contributed by atoms with Crippen molar-refractivity contribution >= 4 is 16.6 Å². The lowest BCUT2D eigenvalue weighted by Gasteiger charge is -2.16. The Kier molecular flexibility index (Phi) is 2.97. The molecule has 0 spiro atoms. The predicted octanol–water partition coefficient (Wildman–Crippen LogP) is 2.33. The maximum Gasteiger partial charge on any atom is 0.344 e. The zero-order chi connectivity index (χ0) is 14.3. The summed E-state index contributed by atoms with van der Waals surface area (Å²) >= 11 is 0. The zero-order valence-corrected chi connectivity index (χ0v) is 11.3. The predicted molar refractivity (Wildman–Crippen MR) is 72.9 cm³/mol. The van der Waals surface area contributed by atoms with E-state index < -0.39 is 5.63 Å². The number of hydrogen-bond acceptors (Lipinski definition) is 5. The van der Waals surface area contributed by atoms with Gasteiger partial charge in [-0.25, -0.2) is 4.79 Å². The Bertz CT molecular complexity index is 757. The Morgan fingerprint density at radius 3 is 2.30 bits per heavy atom. The lowest BCUT2D eigenvalue weighted by atomic mass is 9.92. The number of aryl methyl sites for hydroxylation is 1. The molecule has 5 heteroatoms. The third-order valence-electron chi connectivity index (χ3n) is 3.59. The molecule has 0 radical (unpaired) electrons. The van der Waals surface area contributed by atoms with E-state index in [0.717, 1.165) is 0 Å². The molecule has 0 bridgehead atoms. The van der Waals surface area contributed by atoms with Crippen molar-refractivity contribution in [3.63, 3.8) is 0 Å². The fraction of sp³-hybridized carbons (Fsp3) is 0.333. The summed E-state index contributed by atoms with van der Waals surface area (Å²) in [6.45, 7) is 0. The quantitative estimate of drug-likeness (QED) is 0.840. The van der Waals surface area contributed by atoms with E-state index >= 15 is 0 Å². The minimum atomic E-state index is -0.450. The summed E-state index contributed by atoms with van der Waals surface area (Å²) in [5.41, 5.74) is 0.0567. The minimum absolute atomic E-state index is 0.00669. The van der Waals surface area contributed by atoms with E-state index in [1.807, 2.05) is 0 Å². The fourth-order valence-electron chi connectivity index (χ4n) is 2.64. The van der Waals surface area contributed by atoms with E-state index in [0.29, 0.717) is 52.9 Å². The van der Waals surface area contributed by atoms with Gasteiger partial charge in [0.1, 0.15) is 5.76 Å². The third-order valence-corrected chi connectivity index (χ3v) is 3.59. The number of ether oxygens (including phenoxy) is 2. The number of Topliss-reactive ketones (excluding diaryl/α,β-unsaturated/α-hetero) is 1. The van der Waals surface area contributed by atoms with Crippen LogP contribution in [0.3, 0.4) is 0 Å². The Hall–Kier alpha value is -2.30. The number of rotatable bonds is 2. The number of methoxy groups -OCH3 is 2. The molecule has 20 heavy (non-hydrogen) atoms. The SMILES string of the molecule is COc1cc2c3c(oc(=O)c2cc1OC)CCCC3=O. The lowest BCUT2D eigenvalue weighted by Crippen LogP contribution is -2.16. The maximum absolute atomic E-state index is 12.1. The van der Waals surface area contributed by atoms with Gasteiger partial charge >= 0.3 is 5.63 Å². The highest BCUT2D eigenvalue weighted by Crippen LogP contribution is 2.35. The fourth-order valence-corrected chi connectivity index (χ4v) is 2.64. The van der Waals surface area contributed by atoms with Crippen LogP contribution < -0.4 is 15.1 Å². The summed E-state index contributed by atoms with van der Waals surface area (Å²) in [6, 6.07) is 3.23. The van der Waals surface area contributed by atoms with Crippen molar-refractivity contribution in [2.24, 2.45) is 0 Å². The Labute approximate surface area is 115 Å². The van der Waals surface area contributed by atoms with E-state index in [2.05, 4.69) is 0 Å². The standard InChI is InChI=1S/C15H14O5/c1-18-12-6-8-9(7-13(12)19-2)15(17)20-11-5-3-4-10(16)14(8)11/h6-7H,3-5H2,1-2H3. The molecule has 104 valence electrons. The highest BCUT2D eigenvalue weighted by Gasteiger charge is 2.25. The summed E-state index contributed by atoms with van der Waals surface area (Å²) in [6.07, 6.45) is 1.80. The van der Waals surface area contributed by atoms with Crippen LogP contribution in [0.15, 0.2) is 21.3 Å². The Morgan fingerprint density at radius 2 is 1.65 bits per heavy atom. The third kappa shape index (κ3) is 1.78. The molecule has 1 aliphatic carbocycles. The van der Waals surface area contributed by atoms with Gasteiger partial charge in [-0.15, -0.1) is 0 Å². The van der Waals surface area contributed by atoms with E-state index in [9.17, 15) is 9.59 Å². The van der Waals surface area contributed by atoms with Crippen molar-refractivity contribution in [3.8, 4) is 11.5 Å². The van der Waals surface area contributed by atoms with Crippen molar-refractivity contribution in [2.45, 2.75) is 19.3 Å². The van der Waals surface area contributed by atoms with Crippen molar-refractivity contribution in [1.29, 1.82) is 0 Å². The smallest absolute Gasteiger partial charge is 0.344 e. The summed E-state index contributed by atoms with van der Waals surface area (Å²) in [5.74, 6) is 1.42. The molecule has 0 unspecified atom stereocenters. The molecular weight excluding hydrogens is 260 g/mol. The van der Waals surface area contributed by atoms with Gasteiger partial charge in [0.15, 0.2) is 17.3 Å². The highest BCUT2D eigenvalue weighted by atomic mass is 16.5. The molecule has 1 aliphatic rings. The lowest BCUT2D eigenvalue weighted by molar-refractivity contribution is 0.0968. The van der Waals surface area contributed by atoms with Crippen LogP contribution in [-0.2, 0) is 6.42 Å². The van der Waals surface area contributed by atoms with Crippen LogP contribution in [0.5, 0.6) is 11.5 Å². The van der Waals surface area contributed by atoms with Gasteiger partial charge in [-0.2, -0.15) is 0 Å². The molecule has 1 aromatic heterocycles. The molecule has 0 aliphatic heterocycles. The monoisotopic (exact) mass is 274 g/mol. The molecule has 0 amide bonds. The van der Waals surface area contributed by atoms with Gasteiger partial charge in [0.25, 0.3) is 0 Å². The topological polar surface area (TPSA) is 65.7 Å². The molecule has 5 nitrogen and oxygen atoms in total. The Morgan fingerprint density at radius 1 is 1.00 bits per heavy atom. The molecule has 3 rings (SSSR count). The first-order valence-electron chi connectivity index (χ1n) is 6.40. The number of benzene rings is 1. The molecule has 0 saturated heterocycles.